The van der Waals surface area contributed by atoms with Crippen LogP contribution in [-0.2, 0) is 9.59 Å². The summed E-state index contributed by atoms with van der Waals surface area (Å²) in [5, 5.41) is 0. The summed E-state index contributed by atoms with van der Waals surface area (Å²) in [6.07, 6.45) is -3.22. The number of Topliss-reactive ketones (excluding diaryl/α,β-unsaturated/α-hetero) is 1. The first kappa shape index (κ1) is 20.4. The number of amides is 2. The van der Waals surface area contributed by atoms with Gasteiger partial charge in [-0.05, 0) is 32.6 Å². The van der Waals surface area contributed by atoms with Crippen molar-refractivity contribution < 1.29 is 27.6 Å². The third-order valence-corrected chi connectivity index (χ3v) is 5.55. The zero-order valence-corrected chi connectivity index (χ0v) is 15.7. The molecule has 1 atom stereocenters. The van der Waals surface area contributed by atoms with Gasteiger partial charge in [-0.3, -0.25) is 14.4 Å². The standard InChI is InChI=1S/C20H23F3N2O3/c1-13-4-6-14(7-5-13)17(26)16-3-2-10-25(16)18(27)15-8-11-24(12-9-15)19(28)20(21,22)23/h4-7,15-16H,2-3,8-12H2,1H3. The average Bonchev–Trinajstić information content (AvgIpc) is 3.16. The maximum atomic E-state index is 12.9. The number of piperidine rings is 1. The number of alkyl halides is 3. The number of halogens is 3. The van der Waals surface area contributed by atoms with E-state index in [0.29, 0.717) is 18.5 Å². The Morgan fingerprint density at radius 3 is 2.14 bits per heavy atom. The molecule has 0 N–H and O–H groups in total. The van der Waals surface area contributed by atoms with Crippen molar-refractivity contribution in [3.63, 3.8) is 0 Å². The van der Waals surface area contributed by atoms with E-state index in [0.717, 1.165) is 16.9 Å². The van der Waals surface area contributed by atoms with E-state index in [-0.39, 0.29) is 37.6 Å². The SMILES string of the molecule is Cc1ccc(C(=O)C2CCCN2C(=O)C2CCN(C(=O)C(F)(F)F)CC2)cc1. The highest BCUT2D eigenvalue weighted by Crippen LogP contribution is 2.29. The van der Waals surface area contributed by atoms with Crippen LogP contribution >= 0.6 is 0 Å². The van der Waals surface area contributed by atoms with Gasteiger partial charge < -0.3 is 9.80 Å². The van der Waals surface area contributed by atoms with Crippen molar-refractivity contribution >= 4 is 17.6 Å². The van der Waals surface area contributed by atoms with Crippen LogP contribution in [0.2, 0.25) is 0 Å². The van der Waals surface area contributed by atoms with Gasteiger partial charge in [0.1, 0.15) is 0 Å². The Hall–Kier alpha value is -2.38. The quantitative estimate of drug-likeness (QED) is 0.738. The predicted molar refractivity (Wildman–Crippen MR) is 95.6 cm³/mol. The molecule has 3 rings (SSSR count). The van der Waals surface area contributed by atoms with Gasteiger partial charge in [-0.25, -0.2) is 0 Å². The van der Waals surface area contributed by atoms with Gasteiger partial charge in [-0.15, -0.1) is 0 Å². The number of ketones is 1. The van der Waals surface area contributed by atoms with Gasteiger partial charge in [0, 0.05) is 31.1 Å². The van der Waals surface area contributed by atoms with E-state index in [9.17, 15) is 27.6 Å². The van der Waals surface area contributed by atoms with E-state index >= 15 is 0 Å². The Morgan fingerprint density at radius 1 is 0.964 bits per heavy atom. The summed E-state index contributed by atoms with van der Waals surface area (Å²) >= 11 is 0. The molecular weight excluding hydrogens is 373 g/mol. The molecule has 0 spiro atoms. The highest BCUT2D eigenvalue weighted by molar-refractivity contribution is 6.02. The van der Waals surface area contributed by atoms with E-state index in [2.05, 4.69) is 0 Å². The molecule has 2 saturated heterocycles. The molecule has 1 aromatic rings. The molecule has 2 aliphatic rings. The first-order valence-corrected chi connectivity index (χ1v) is 9.46. The fourth-order valence-electron chi connectivity index (χ4n) is 3.96. The lowest BCUT2D eigenvalue weighted by Crippen LogP contribution is -2.49. The lowest BCUT2D eigenvalue weighted by atomic mass is 9.94. The number of carbonyl (C=O) groups is 3. The first-order valence-electron chi connectivity index (χ1n) is 9.46. The number of rotatable bonds is 3. The van der Waals surface area contributed by atoms with E-state index in [1.165, 1.54) is 0 Å². The van der Waals surface area contributed by atoms with Crippen LogP contribution in [0.25, 0.3) is 0 Å². The molecule has 28 heavy (non-hydrogen) atoms. The fourth-order valence-corrected chi connectivity index (χ4v) is 3.96. The number of aryl methyl sites for hydroxylation is 1. The Morgan fingerprint density at radius 2 is 1.57 bits per heavy atom. The van der Waals surface area contributed by atoms with Gasteiger partial charge >= 0.3 is 12.1 Å². The van der Waals surface area contributed by atoms with Crippen LogP contribution < -0.4 is 0 Å². The van der Waals surface area contributed by atoms with Gasteiger partial charge in [0.05, 0.1) is 6.04 Å². The number of hydrogen-bond acceptors (Lipinski definition) is 3. The topological polar surface area (TPSA) is 57.7 Å². The monoisotopic (exact) mass is 396 g/mol. The van der Waals surface area contributed by atoms with Crippen LogP contribution in [0.15, 0.2) is 24.3 Å². The number of nitrogens with zero attached hydrogens (tertiary/aromatic N) is 2. The lowest BCUT2D eigenvalue weighted by Gasteiger charge is -2.34. The molecule has 2 heterocycles. The van der Waals surface area contributed by atoms with E-state index in [1.54, 1.807) is 17.0 Å². The molecule has 152 valence electrons. The highest BCUT2D eigenvalue weighted by Gasteiger charge is 2.45. The van der Waals surface area contributed by atoms with Crippen LogP contribution in [0, 0.1) is 12.8 Å². The summed E-state index contributed by atoms with van der Waals surface area (Å²) in [5.41, 5.74) is 1.59. The van der Waals surface area contributed by atoms with Crippen LogP contribution in [0.3, 0.4) is 0 Å². The van der Waals surface area contributed by atoms with E-state index in [1.807, 2.05) is 19.1 Å². The summed E-state index contributed by atoms with van der Waals surface area (Å²) in [6.45, 7) is 2.21. The van der Waals surface area contributed by atoms with Crippen molar-refractivity contribution in [3.8, 4) is 0 Å². The minimum absolute atomic E-state index is 0.0981. The second-order valence-electron chi connectivity index (χ2n) is 7.48. The van der Waals surface area contributed by atoms with Gasteiger partial charge in [0.2, 0.25) is 5.91 Å². The van der Waals surface area contributed by atoms with Gasteiger partial charge in [0.25, 0.3) is 0 Å². The molecule has 2 aliphatic heterocycles. The summed E-state index contributed by atoms with van der Waals surface area (Å²) < 4.78 is 37.7. The minimum Gasteiger partial charge on any atom is -0.335 e. The second-order valence-corrected chi connectivity index (χ2v) is 7.48. The van der Waals surface area contributed by atoms with Crippen LogP contribution in [0.5, 0.6) is 0 Å². The molecule has 0 aromatic heterocycles. The number of hydrogen-bond donors (Lipinski definition) is 0. The molecule has 5 nitrogen and oxygen atoms in total. The fraction of sp³-hybridized carbons (Fsp3) is 0.550. The normalized spacial score (nSPS) is 21.1. The van der Waals surface area contributed by atoms with Crippen LogP contribution in [0.1, 0.15) is 41.6 Å². The molecule has 2 amide bonds. The third kappa shape index (κ3) is 4.20. The molecule has 0 radical (unpaired) electrons. The predicted octanol–water partition coefficient (Wildman–Crippen LogP) is 2.97. The zero-order valence-electron chi connectivity index (χ0n) is 15.7. The van der Waals surface area contributed by atoms with Crippen molar-refractivity contribution in [2.24, 2.45) is 5.92 Å². The third-order valence-electron chi connectivity index (χ3n) is 5.55. The largest absolute Gasteiger partial charge is 0.471 e. The molecule has 1 aromatic carbocycles. The van der Waals surface area contributed by atoms with Crippen LogP contribution in [0.4, 0.5) is 13.2 Å². The smallest absolute Gasteiger partial charge is 0.335 e. The highest BCUT2D eigenvalue weighted by atomic mass is 19.4. The maximum absolute atomic E-state index is 12.9. The summed E-state index contributed by atoms with van der Waals surface area (Å²) in [7, 11) is 0. The van der Waals surface area contributed by atoms with Crippen molar-refractivity contribution in [1.29, 1.82) is 0 Å². The molecule has 2 fully saturated rings. The van der Waals surface area contributed by atoms with Crippen molar-refractivity contribution in [1.82, 2.24) is 9.80 Å². The Kier molecular flexibility index (Phi) is 5.76. The van der Waals surface area contributed by atoms with Gasteiger partial charge in [-0.2, -0.15) is 13.2 Å². The Balaban J connectivity index is 1.63. The molecule has 0 bridgehead atoms. The zero-order chi connectivity index (χ0) is 20.5. The number of likely N-dealkylation sites (tertiary alicyclic amines) is 2. The van der Waals surface area contributed by atoms with Gasteiger partial charge in [-0.1, -0.05) is 29.8 Å². The van der Waals surface area contributed by atoms with E-state index in [4.69, 9.17) is 0 Å². The Bertz CT molecular complexity index is 753. The number of carbonyl (C=O) groups excluding carboxylic acids is 3. The maximum Gasteiger partial charge on any atom is 0.471 e. The van der Waals surface area contributed by atoms with E-state index < -0.39 is 24.0 Å². The minimum atomic E-state index is -4.89. The van der Waals surface area contributed by atoms with Gasteiger partial charge in [0.15, 0.2) is 5.78 Å². The first-order chi connectivity index (χ1) is 13.2. The molecule has 8 heteroatoms. The summed E-state index contributed by atoms with van der Waals surface area (Å²) in [6, 6.07) is 6.67. The average molecular weight is 396 g/mol. The summed E-state index contributed by atoms with van der Waals surface area (Å²) in [4.78, 5) is 39.4. The van der Waals surface area contributed by atoms with Crippen molar-refractivity contribution in [2.75, 3.05) is 19.6 Å². The Labute approximate surface area is 161 Å². The van der Waals surface area contributed by atoms with Crippen molar-refractivity contribution in [3.05, 3.63) is 35.4 Å². The van der Waals surface area contributed by atoms with Crippen molar-refractivity contribution in [2.45, 2.75) is 44.8 Å². The molecule has 0 saturated carbocycles. The summed E-state index contributed by atoms with van der Waals surface area (Å²) in [5.74, 6) is -2.60. The molecule has 0 aliphatic carbocycles. The number of benzene rings is 1. The lowest BCUT2D eigenvalue weighted by molar-refractivity contribution is -0.187. The van der Waals surface area contributed by atoms with Crippen LogP contribution in [-0.4, -0.2) is 59.2 Å². The second kappa shape index (κ2) is 7.93. The molecular formula is C20H23F3N2O3. The molecule has 1 unspecified atom stereocenters.